The standard InChI is InChI=1S/C16H17NO4/c18-16(19)13-10-20-15(17-13)12-8-4-5-9-14(12)21-11-6-2-1-3-7-11/h4-5,8-11H,1-3,6-7H2,(H,18,19). The van der Waals surface area contributed by atoms with Crippen LogP contribution in [-0.2, 0) is 0 Å². The Morgan fingerprint density at radius 3 is 2.71 bits per heavy atom. The molecule has 0 saturated heterocycles. The first-order valence-corrected chi connectivity index (χ1v) is 7.19. The van der Waals surface area contributed by atoms with Crippen molar-refractivity contribution in [3.05, 3.63) is 36.2 Å². The summed E-state index contributed by atoms with van der Waals surface area (Å²) in [5.41, 5.74) is 0.591. The molecule has 3 rings (SSSR count). The van der Waals surface area contributed by atoms with E-state index in [0.717, 1.165) is 19.1 Å². The molecule has 0 bridgehead atoms. The van der Waals surface area contributed by atoms with Gasteiger partial charge in [-0.15, -0.1) is 0 Å². The van der Waals surface area contributed by atoms with Gasteiger partial charge in [-0.3, -0.25) is 0 Å². The first kappa shape index (κ1) is 13.7. The third-order valence-corrected chi connectivity index (χ3v) is 3.69. The molecule has 2 aromatic rings. The molecule has 1 aliphatic carbocycles. The Bertz CT molecular complexity index is 629. The minimum absolute atomic E-state index is 0.0996. The Labute approximate surface area is 122 Å². The largest absolute Gasteiger partial charge is 0.490 e. The van der Waals surface area contributed by atoms with Gasteiger partial charge in [0.15, 0.2) is 5.69 Å². The molecule has 1 N–H and O–H groups in total. The summed E-state index contributed by atoms with van der Waals surface area (Å²) in [7, 11) is 0. The number of ether oxygens (including phenoxy) is 1. The Balaban J connectivity index is 1.85. The van der Waals surface area contributed by atoms with Crippen molar-refractivity contribution in [3.63, 3.8) is 0 Å². The van der Waals surface area contributed by atoms with Gasteiger partial charge in [0.25, 0.3) is 0 Å². The quantitative estimate of drug-likeness (QED) is 0.927. The van der Waals surface area contributed by atoms with E-state index in [1.807, 2.05) is 24.3 Å². The van der Waals surface area contributed by atoms with Crippen molar-refractivity contribution in [2.45, 2.75) is 38.2 Å². The number of aromatic nitrogens is 1. The molecule has 110 valence electrons. The van der Waals surface area contributed by atoms with E-state index in [-0.39, 0.29) is 17.7 Å². The molecule has 0 radical (unpaired) electrons. The Morgan fingerprint density at radius 1 is 1.24 bits per heavy atom. The lowest BCUT2D eigenvalue weighted by molar-refractivity contribution is 0.0690. The van der Waals surface area contributed by atoms with Gasteiger partial charge in [-0.05, 0) is 37.8 Å². The minimum atomic E-state index is -1.10. The van der Waals surface area contributed by atoms with Gasteiger partial charge < -0.3 is 14.3 Å². The van der Waals surface area contributed by atoms with E-state index in [2.05, 4.69) is 4.98 Å². The molecule has 0 atom stereocenters. The van der Waals surface area contributed by atoms with E-state index in [0.29, 0.717) is 11.3 Å². The second-order valence-electron chi connectivity index (χ2n) is 5.22. The van der Waals surface area contributed by atoms with Gasteiger partial charge in [-0.25, -0.2) is 9.78 Å². The average molecular weight is 287 g/mol. The highest BCUT2D eigenvalue weighted by molar-refractivity contribution is 5.85. The number of carboxylic acids is 1. The fourth-order valence-corrected chi connectivity index (χ4v) is 2.60. The molecule has 0 amide bonds. The van der Waals surface area contributed by atoms with Crippen LogP contribution < -0.4 is 4.74 Å². The van der Waals surface area contributed by atoms with E-state index >= 15 is 0 Å². The first-order chi connectivity index (χ1) is 10.2. The van der Waals surface area contributed by atoms with Gasteiger partial charge in [0.2, 0.25) is 5.89 Å². The van der Waals surface area contributed by atoms with Crippen molar-refractivity contribution in [3.8, 4) is 17.2 Å². The lowest BCUT2D eigenvalue weighted by Crippen LogP contribution is -2.19. The SMILES string of the molecule is O=C(O)c1coc(-c2ccccc2OC2CCCCC2)n1. The number of carbonyl (C=O) groups is 1. The molecule has 1 saturated carbocycles. The van der Waals surface area contributed by atoms with E-state index in [9.17, 15) is 4.79 Å². The van der Waals surface area contributed by atoms with Crippen LogP contribution in [0.1, 0.15) is 42.6 Å². The third-order valence-electron chi connectivity index (χ3n) is 3.69. The van der Waals surface area contributed by atoms with E-state index in [4.69, 9.17) is 14.3 Å². The number of benzene rings is 1. The van der Waals surface area contributed by atoms with Crippen molar-refractivity contribution in [1.29, 1.82) is 0 Å². The lowest BCUT2D eigenvalue weighted by Gasteiger charge is -2.23. The van der Waals surface area contributed by atoms with Gasteiger partial charge in [-0.2, -0.15) is 0 Å². The maximum Gasteiger partial charge on any atom is 0.357 e. The predicted octanol–water partition coefficient (Wildman–Crippen LogP) is 3.75. The fraction of sp³-hybridized carbons (Fsp3) is 0.375. The molecule has 0 unspecified atom stereocenters. The zero-order chi connectivity index (χ0) is 14.7. The number of aromatic carboxylic acids is 1. The molecule has 1 heterocycles. The lowest BCUT2D eigenvalue weighted by atomic mass is 9.97. The zero-order valence-corrected chi connectivity index (χ0v) is 11.6. The molecule has 21 heavy (non-hydrogen) atoms. The highest BCUT2D eigenvalue weighted by Gasteiger charge is 2.19. The summed E-state index contributed by atoms with van der Waals surface area (Å²) in [6.07, 6.45) is 7.12. The van der Waals surface area contributed by atoms with Crippen LogP contribution in [0.2, 0.25) is 0 Å². The van der Waals surface area contributed by atoms with Crippen molar-refractivity contribution in [2.24, 2.45) is 0 Å². The second kappa shape index (κ2) is 5.99. The topological polar surface area (TPSA) is 72.6 Å². The molecule has 1 aliphatic rings. The van der Waals surface area contributed by atoms with Crippen LogP contribution in [0, 0.1) is 0 Å². The Morgan fingerprint density at radius 2 is 2.00 bits per heavy atom. The van der Waals surface area contributed by atoms with E-state index in [1.165, 1.54) is 19.3 Å². The molecule has 0 aliphatic heterocycles. The number of oxazole rings is 1. The number of hydrogen-bond acceptors (Lipinski definition) is 4. The molecular formula is C16H17NO4. The van der Waals surface area contributed by atoms with Gasteiger partial charge in [0, 0.05) is 0 Å². The van der Waals surface area contributed by atoms with E-state index in [1.54, 1.807) is 0 Å². The summed E-state index contributed by atoms with van der Waals surface area (Å²) >= 11 is 0. The van der Waals surface area contributed by atoms with Crippen LogP contribution >= 0.6 is 0 Å². The van der Waals surface area contributed by atoms with Gasteiger partial charge in [-0.1, -0.05) is 18.6 Å². The maximum absolute atomic E-state index is 10.9. The summed E-state index contributed by atoms with van der Waals surface area (Å²) in [6.45, 7) is 0. The van der Waals surface area contributed by atoms with Crippen LogP contribution in [0.25, 0.3) is 11.5 Å². The van der Waals surface area contributed by atoms with Crippen LogP contribution in [0.3, 0.4) is 0 Å². The number of hydrogen-bond donors (Lipinski definition) is 1. The van der Waals surface area contributed by atoms with Crippen LogP contribution in [0.5, 0.6) is 5.75 Å². The smallest absolute Gasteiger partial charge is 0.357 e. The summed E-state index contributed by atoms with van der Waals surface area (Å²) in [5.74, 6) is -0.127. The van der Waals surface area contributed by atoms with Crippen molar-refractivity contribution >= 4 is 5.97 Å². The van der Waals surface area contributed by atoms with Crippen LogP contribution in [0.15, 0.2) is 34.9 Å². The average Bonchev–Trinajstić information content (AvgIpc) is 2.99. The maximum atomic E-state index is 10.9. The number of rotatable bonds is 4. The molecule has 1 aromatic heterocycles. The summed E-state index contributed by atoms with van der Waals surface area (Å²) in [5, 5.41) is 8.92. The molecule has 1 fully saturated rings. The minimum Gasteiger partial charge on any atom is -0.490 e. The van der Waals surface area contributed by atoms with Gasteiger partial charge in [0.05, 0.1) is 11.7 Å². The monoisotopic (exact) mass is 287 g/mol. The highest BCUT2D eigenvalue weighted by atomic mass is 16.5. The molecular weight excluding hydrogens is 270 g/mol. The normalized spacial score (nSPS) is 15.8. The van der Waals surface area contributed by atoms with Gasteiger partial charge >= 0.3 is 5.97 Å². The van der Waals surface area contributed by atoms with Crippen LogP contribution in [-0.4, -0.2) is 22.2 Å². The highest BCUT2D eigenvalue weighted by Crippen LogP contribution is 2.32. The number of carboxylic acid groups (broad SMARTS) is 1. The fourth-order valence-electron chi connectivity index (χ4n) is 2.60. The summed E-state index contributed by atoms with van der Waals surface area (Å²) < 4.78 is 11.3. The molecule has 5 nitrogen and oxygen atoms in total. The predicted molar refractivity (Wildman–Crippen MR) is 76.4 cm³/mol. The first-order valence-electron chi connectivity index (χ1n) is 7.19. The third kappa shape index (κ3) is 3.07. The van der Waals surface area contributed by atoms with Crippen LogP contribution in [0.4, 0.5) is 0 Å². The van der Waals surface area contributed by atoms with Crippen molar-refractivity contribution in [1.82, 2.24) is 4.98 Å². The Hall–Kier alpha value is -2.30. The van der Waals surface area contributed by atoms with E-state index < -0.39 is 5.97 Å². The summed E-state index contributed by atoms with van der Waals surface area (Å²) in [6, 6.07) is 7.45. The molecule has 5 heteroatoms. The van der Waals surface area contributed by atoms with Gasteiger partial charge in [0.1, 0.15) is 12.0 Å². The second-order valence-corrected chi connectivity index (χ2v) is 5.22. The van der Waals surface area contributed by atoms with Crippen molar-refractivity contribution < 1.29 is 19.1 Å². The molecule has 1 aromatic carbocycles. The number of nitrogens with zero attached hydrogens (tertiary/aromatic N) is 1. The molecule has 0 spiro atoms. The zero-order valence-electron chi connectivity index (χ0n) is 11.6. The van der Waals surface area contributed by atoms with Crippen molar-refractivity contribution in [2.75, 3.05) is 0 Å². The number of para-hydroxylation sites is 1. The Kier molecular flexibility index (Phi) is 3.90. The summed E-state index contributed by atoms with van der Waals surface area (Å²) in [4.78, 5) is 14.9.